The maximum Gasteiger partial charge on any atom is 0.104 e. The lowest BCUT2D eigenvalue weighted by Crippen LogP contribution is -2.19. The SMILES string of the molecule is C=CCN(C=C)CC(=C)O. The molecular weight excluding hydrogens is 126 g/mol. The Kier molecular flexibility index (Phi) is 4.12. The van der Waals surface area contributed by atoms with Gasteiger partial charge in [-0.25, -0.2) is 0 Å². The van der Waals surface area contributed by atoms with Crippen LogP contribution in [-0.4, -0.2) is 23.1 Å². The number of rotatable bonds is 5. The zero-order valence-corrected chi connectivity index (χ0v) is 6.08. The number of aliphatic hydroxyl groups is 1. The molecule has 0 bridgehead atoms. The van der Waals surface area contributed by atoms with Crippen molar-refractivity contribution in [3.05, 3.63) is 37.8 Å². The molecule has 10 heavy (non-hydrogen) atoms. The molecule has 0 atom stereocenters. The van der Waals surface area contributed by atoms with Gasteiger partial charge in [0.05, 0.1) is 6.54 Å². The average Bonchev–Trinajstić information content (AvgIpc) is 1.86. The van der Waals surface area contributed by atoms with Crippen LogP contribution in [0.2, 0.25) is 0 Å². The van der Waals surface area contributed by atoms with E-state index in [4.69, 9.17) is 5.11 Å². The fraction of sp³-hybridized carbons (Fsp3) is 0.250. The smallest absolute Gasteiger partial charge is 0.104 e. The minimum atomic E-state index is 0.141. The van der Waals surface area contributed by atoms with Gasteiger partial charge in [-0.05, 0) is 6.20 Å². The summed E-state index contributed by atoms with van der Waals surface area (Å²) in [6.07, 6.45) is 3.38. The first-order valence-corrected chi connectivity index (χ1v) is 3.05. The zero-order chi connectivity index (χ0) is 7.98. The molecule has 0 aliphatic rings. The van der Waals surface area contributed by atoms with Crippen molar-refractivity contribution in [2.75, 3.05) is 13.1 Å². The molecule has 0 spiro atoms. The molecule has 0 amide bonds. The van der Waals surface area contributed by atoms with Crippen LogP contribution in [0.25, 0.3) is 0 Å². The van der Waals surface area contributed by atoms with Crippen LogP contribution < -0.4 is 0 Å². The van der Waals surface area contributed by atoms with Crippen molar-refractivity contribution in [1.82, 2.24) is 4.90 Å². The van der Waals surface area contributed by atoms with E-state index in [0.29, 0.717) is 13.1 Å². The summed E-state index contributed by atoms with van der Waals surface area (Å²) in [5.41, 5.74) is 0. The predicted octanol–water partition coefficient (Wildman–Crippen LogP) is 1.69. The van der Waals surface area contributed by atoms with Crippen LogP contribution in [0.1, 0.15) is 0 Å². The van der Waals surface area contributed by atoms with Gasteiger partial charge in [-0.1, -0.05) is 19.2 Å². The summed E-state index contributed by atoms with van der Waals surface area (Å²) in [5, 5.41) is 8.76. The van der Waals surface area contributed by atoms with Gasteiger partial charge in [0.2, 0.25) is 0 Å². The molecule has 0 unspecified atom stereocenters. The van der Waals surface area contributed by atoms with Crippen LogP contribution in [-0.2, 0) is 0 Å². The Morgan fingerprint density at radius 2 is 2.10 bits per heavy atom. The molecule has 0 aromatic carbocycles. The van der Waals surface area contributed by atoms with E-state index in [9.17, 15) is 0 Å². The molecule has 56 valence electrons. The molecule has 0 aliphatic carbocycles. The minimum absolute atomic E-state index is 0.141. The van der Waals surface area contributed by atoms with Crippen LogP contribution in [0.5, 0.6) is 0 Å². The summed E-state index contributed by atoms with van der Waals surface area (Å²) >= 11 is 0. The van der Waals surface area contributed by atoms with Gasteiger partial charge in [0.1, 0.15) is 5.76 Å². The lowest BCUT2D eigenvalue weighted by molar-refractivity contribution is 0.330. The van der Waals surface area contributed by atoms with Crippen molar-refractivity contribution in [3.8, 4) is 0 Å². The predicted molar refractivity (Wildman–Crippen MR) is 43.7 cm³/mol. The minimum Gasteiger partial charge on any atom is -0.511 e. The third kappa shape index (κ3) is 3.78. The Morgan fingerprint density at radius 1 is 1.50 bits per heavy atom. The van der Waals surface area contributed by atoms with Gasteiger partial charge in [0.25, 0.3) is 0 Å². The van der Waals surface area contributed by atoms with E-state index in [0.717, 1.165) is 0 Å². The maximum atomic E-state index is 8.76. The first-order chi connectivity index (χ1) is 4.70. The third-order valence-corrected chi connectivity index (χ3v) is 1.01. The molecule has 0 saturated carbocycles. The van der Waals surface area contributed by atoms with Crippen molar-refractivity contribution in [2.45, 2.75) is 0 Å². The summed E-state index contributed by atoms with van der Waals surface area (Å²) in [6.45, 7) is 11.6. The highest BCUT2D eigenvalue weighted by atomic mass is 16.3. The van der Waals surface area contributed by atoms with Crippen molar-refractivity contribution < 1.29 is 5.11 Å². The Balaban J connectivity index is 3.70. The fourth-order valence-corrected chi connectivity index (χ4v) is 0.604. The van der Waals surface area contributed by atoms with E-state index in [-0.39, 0.29) is 5.76 Å². The molecule has 0 saturated heterocycles. The standard InChI is InChI=1S/C8H13NO/c1-4-6-9(5-2)7-8(3)10/h4-5,10H,1-3,6-7H2. The normalized spacial score (nSPS) is 8.40. The third-order valence-electron chi connectivity index (χ3n) is 1.01. The average molecular weight is 139 g/mol. The molecule has 1 N–H and O–H groups in total. The van der Waals surface area contributed by atoms with Crippen LogP contribution in [0, 0.1) is 0 Å². The van der Waals surface area contributed by atoms with Crippen molar-refractivity contribution in [1.29, 1.82) is 0 Å². The maximum absolute atomic E-state index is 8.76. The number of hydrogen-bond acceptors (Lipinski definition) is 2. The summed E-state index contributed by atoms with van der Waals surface area (Å²) in [4.78, 5) is 1.80. The highest BCUT2D eigenvalue weighted by Gasteiger charge is 1.95. The monoisotopic (exact) mass is 139 g/mol. The second-order valence-corrected chi connectivity index (χ2v) is 1.97. The molecule has 0 aromatic heterocycles. The molecule has 0 rings (SSSR count). The molecule has 0 heterocycles. The number of hydrogen-bond donors (Lipinski definition) is 1. The van der Waals surface area contributed by atoms with Crippen molar-refractivity contribution in [2.24, 2.45) is 0 Å². The molecule has 0 aliphatic heterocycles. The lowest BCUT2D eigenvalue weighted by Gasteiger charge is -2.15. The van der Waals surface area contributed by atoms with E-state index >= 15 is 0 Å². The zero-order valence-electron chi connectivity index (χ0n) is 6.08. The van der Waals surface area contributed by atoms with Gasteiger partial charge in [-0.2, -0.15) is 0 Å². The lowest BCUT2D eigenvalue weighted by atomic mass is 10.4. The van der Waals surface area contributed by atoms with Gasteiger partial charge in [-0.15, -0.1) is 6.58 Å². The Morgan fingerprint density at radius 3 is 2.40 bits per heavy atom. The Bertz CT molecular complexity index is 140. The second kappa shape index (κ2) is 4.68. The van der Waals surface area contributed by atoms with E-state index in [2.05, 4.69) is 19.7 Å². The quantitative estimate of drug-likeness (QED) is 0.463. The first kappa shape index (κ1) is 8.82. The molecule has 2 nitrogen and oxygen atoms in total. The van der Waals surface area contributed by atoms with Crippen LogP contribution in [0.3, 0.4) is 0 Å². The van der Waals surface area contributed by atoms with E-state index in [1.807, 2.05) is 0 Å². The van der Waals surface area contributed by atoms with Gasteiger partial charge < -0.3 is 10.0 Å². The second-order valence-electron chi connectivity index (χ2n) is 1.97. The fourth-order valence-electron chi connectivity index (χ4n) is 0.604. The molecule has 0 aromatic rings. The van der Waals surface area contributed by atoms with Gasteiger partial charge in [-0.3, -0.25) is 0 Å². The molecule has 0 radical (unpaired) electrons. The highest BCUT2D eigenvalue weighted by molar-refractivity contribution is 4.90. The highest BCUT2D eigenvalue weighted by Crippen LogP contribution is 1.92. The molecule has 2 heteroatoms. The number of nitrogens with zero attached hydrogens (tertiary/aromatic N) is 1. The van der Waals surface area contributed by atoms with Crippen LogP contribution in [0.15, 0.2) is 37.8 Å². The molecular formula is C8H13NO. The Hall–Kier alpha value is -1.18. The summed E-state index contributed by atoms with van der Waals surface area (Å²) in [6, 6.07) is 0. The Labute approximate surface area is 61.8 Å². The summed E-state index contributed by atoms with van der Waals surface area (Å²) < 4.78 is 0. The van der Waals surface area contributed by atoms with Crippen LogP contribution >= 0.6 is 0 Å². The van der Waals surface area contributed by atoms with E-state index in [1.54, 1.807) is 17.2 Å². The van der Waals surface area contributed by atoms with E-state index in [1.165, 1.54) is 0 Å². The van der Waals surface area contributed by atoms with Crippen molar-refractivity contribution in [3.63, 3.8) is 0 Å². The summed E-state index contributed by atoms with van der Waals surface area (Å²) in [7, 11) is 0. The topological polar surface area (TPSA) is 23.5 Å². The summed E-state index contributed by atoms with van der Waals surface area (Å²) in [5.74, 6) is 0.141. The first-order valence-electron chi connectivity index (χ1n) is 3.05. The van der Waals surface area contributed by atoms with Crippen molar-refractivity contribution >= 4 is 0 Å². The molecule has 0 fully saturated rings. The van der Waals surface area contributed by atoms with Crippen LogP contribution in [0.4, 0.5) is 0 Å². The van der Waals surface area contributed by atoms with Gasteiger partial charge in [0, 0.05) is 6.54 Å². The number of aliphatic hydroxyl groups excluding tert-OH is 1. The van der Waals surface area contributed by atoms with E-state index < -0.39 is 0 Å². The van der Waals surface area contributed by atoms with Gasteiger partial charge in [0.15, 0.2) is 0 Å². The van der Waals surface area contributed by atoms with Gasteiger partial charge >= 0.3 is 0 Å². The largest absolute Gasteiger partial charge is 0.511 e.